The van der Waals surface area contributed by atoms with Gasteiger partial charge in [-0.1, -0.05) is 50.5 Å². The quantitative estimate of drug-likeness (QED) is 0.0879. The molecule has 2 saturated carbocycles. The zero-order chi connectivity index (χ0) is 35.6. The lowest BCUT2D eigenvalue weighted by molar-refractivity contribution is -0.133. The topological polar surface area (TPSA) is 143 Å². The zero-order valence-electron chi connectivity index (χ0n) is 29.2. The first kappa shape index (κ1) is 34.9. The fourth-order valence-corrected chi connectivity index (χ4v) is 8.09. The number of carboxylic acids is 1. The lowest BCUT2D eigenvalue weighted by atomic mass is 9.75. The maximum Gasteiger partial charge on any atom is 0.328 e. The summed E-state index contributed by atoms with van der Waals surface area (Å²) >= 11 is 0. The maximum absolute atomic E-state index is 14.2. The number of carbonyl (C=O) groups is 3. The van der Waals surface area contributed by atoms with Gasteiger partial charge in [-0.25, -0.2) is 4.79 Å². The van der Waals surface area contributed by atoms with E-state index in [1.165, 1.54) is 18.1 Å². The van der Waals surface area contributed by atoms with Gasteiger partial charge in [0.15, 0.2) is 5.78 Å². The van der Waals surface area contributed by atoms with Gasteiger partial charge < -0.3 is 29.3 Å². The highest BCUT2D eigenvalue weighted by Gasteiger charge is 2.45. The number of nitrogens with one attached hydrogen (secondary N) is 2. The first-order chi connectivity index (χ1) is 24.7. The highest BCUT2D eigenvalue weighted by Crippen LogP contribution is 2.45. The molecular weight excluding hydrogens is 646 g/mol. The highest BCUT2D eigenvalue weighted by molar-refractivity contribution is 5.99. The van der Waals surface area contributed by atoms with E-state index in [1.54, 1.807) is 36.8 Å². The number of ketones is 1. The Morgan fingerprint density at radius 2 is 1.73 bits per heavy atom. The number of aromatic nitrogens is 1. The van der Waals surface area contributed by atoms with Crippen LogP contribution in [-0.4, -0.2) is 51.2 Å². The Labute approximate surface area is 297 Å². The number of furan rings is 1. The lowest BCUT2D eigenvalue weighted by Gasteiger charge is -2.42. The summed E-state index contributed by atoms with van der Waals surface area (Å²) in [6.45, 7) is 3.40. The SMILES string of the molecule is CC1(C(=O)Cn2c(-c3ccoc3)c(C3CCCCC3)c3ccc(C(O)NC4(C(=O)Nc5ccc(/C=C/C(=O)O)cc5)CCC4)cc32)CCOCC1. The standard InChI is InChI=1S/C41H47N3O7/c1-40(19-22-50-23-20-40)34(45)25-44-33-24-29(11-14-32(33)36(28-6-3-2-4-7-28)37(44)30-16-21-51-26-30)38(48)43-41(17-5-18-41)39(49)42-31-12-8-27(9-13-31)10-15-35(46)47/h8-16,21,24,26,28,38,43,48H,2-7,17-20,22-23,25H2,1H3,(H,42,49)(H,46,47)/b15-10+. The van der Waals surface area contributed by atoms with Gasteiger partial charge in [-0.05, 0) is 97.9 Å². The molecule has 10 heteroatoms. The smallest absolute Gasteiger partial charge is 0.328 e. The van der Waals surface area contributed by atoms with Gasteiger partial charge in [-0.15, -0.1) is 0 Å². The number of ether oxygens (including phenoxy) is 1. The Balaban J connectivity index is 1.21. The van der Waals surface area contributed by atoms with E-state index in [0.29, 0.717) is 61.6 Å². The third-order valence-electron chi connectivity index (χ3n) is 11.5. The molecule has 1 amide bonds. The number of Topliss-reactive ketones (excluding diaryl/α,β-unsaturated/α-hetero) is 1. The first-order valence-electron chi connectivity index (χ1n) is 18.2. The number of amides is 1. The number of nitrogens with zero attached hydrogens (tertiary/aromatic N) is 1. The molecule has 4 N–H and O–H groups in total. The second kappa shape index (κ2) is 14.6. The second-order valence-electron chi connectivity index (χ2n) is 14.8. The van der Waals surface area contributed by atoms with Gasteiger partial charge in [0.2, 0.25) is 5.91 Å². The van der Waals surface area contributed by atoms with Crippen LogP contribution in [0.4, 0.5) is 5.69 Å². The van der Waals surface area contributed by atoms with Crippen molar-refractivity contribution in [1.82, 2.24) is 9.88 Å². The average Bonchev–Trinajstić information content (AvgIpc) is 3.76. The number of carbonyl (C=O) groups excluding carboxylic acids is 2. The zero-order valence-corrected chi connectivity index (χ0v) is 29.2. The van der Waals surface area contributed by atoms with Crippen molar-refractivity contribution in [2.75, 3.05) is 18.5 Å². The van der Waals surface area contributed by atoms with Crippen LogP contribution in [0.15, 0.2) is 71.6 Å². The summed E-state index contributed by atoms with van der Waals surface area (Å²) in [5.74, 6) is -0.748. The molecule has 2 aromatic heterocycles. The Morgan fingerprint density at radius 3 is 2.37 bits per heavy atom. The van der Waals surface area contributed by atoms with Gasteiger partial charge >= 0.3 is 5.97 Å². The maximum atomic E-state index is 14.2. The number of rotatable bonds is 12. The molecular formula is C41H47N3O7. The van der Waals surface area contributed by atoms with Crippen LogP contribution in [0.3, 0.4) is 0 Å². The predicted octanol–water partition coefficient (Wildman–Crippen LogP) is 7.57. The molecule has 1 atom stereocenters. The summed E-state index contributed by atoms with van der Waals surface area (Å²) in [5.41, 5.74) is 4.54. The molecule has 2 aliphatic carbocycles. The van der Waals surface area contributed by atoms with Crippen molar-refractivity contribution in [3.8, 4) is 11.3 Å². The number of carboxylic acid groups (broad SMARTS) is 1. The average molecular weight is 694 g/mol. The van der Waals surface area contributed by atoms with Crippen molar-refractivity contribution in [2.45, 2.75) is 95.4 Å². The van der Waals surface area contributed by atoms with E-state index < -0.39 is 23.2 Å². The normalized spacial score (nSPS) is 19.5. The Morgan fingerprint density at radius 1 is 0.980 bits per heavy atom. The third-order valence-corrected chi connectivity index (χ3v) is 11.5. The molecule has 7 rings (SSSR count). The summed E-state index contributed by atoms with van der Waals surface area (Å²) in [5, 5.41) is 27.9. The summed E-state index contributed by atoms with van der Waals surface area (Å²) in [7, 11) is 0. The molecule has 3 fully saturated rings. The molecule has 2 aromatic carbocycles. The Hall–Kier alpha value is -4.51. The monoisotopic (exact) mass is 693 g/mol. The van der Waals surface area contributed by atoms with Gasteiger partial charge in [-0.3, -0.25) is 14.9 Å². The van der Waals surface area contributed by atoms with E-state index >= 15 is 0 Å². The fraction of sp³-hybridized carbons (Fsp3) is 0.439. The minimum Gasteiger partial charge on any atom is -0.478 e. The number of fused-ring (bicyclic) bond motifs is 1. The van der Waals surface area contributed by atoms with E-state index in [1.807, 2.05) is 18.2 Å². The van der Waals surface area contributed by atoms with Crippen molar-refractivity contribution in [3.05, 3.63) is 83.8 Å². The van der Waals surface area contributed by atoms with Crippen molar-refractivity contribution in [3.63, 3.8) is 0 Å². The number of benzene rings is 2. The molecule has 51 heavy (non-hydrogen) atoms. The van der Waals surface area contributed by atoms with E-state index in [2.05, 4.69) is 28.2 Å². The number of aliphatic hydroxyl groups excluding tert-OH is 1. The molecule has 0 bridgehead atoms. The highest BCUT2D eigenvalue weighted by atomic mass is 16.5. The molecule has 0 spiro atoms. The fourth-order valence-electron chi connectivity index (χ4n) is 8.09. The molecule has 268 valence electrons. The van der Waals surface area contributed by atoms with Gasteiger partial charge in [0.05, 0.1) is 24.8 Å². The molecule has 4 aromatic rings. The third kappa shape index (κ3) is 7.18. The minimum absolute atomic E-state index is 0.169. The van der Waals surface area contributed by atoms with Gasteiger partial charge in [-0.2, -0.15) is 0 Å². The van der Waals surface area contributed by atoms with E-state index in [9.17, 15) is 19.5 Å². The summed E-state index contributed by atoms with van der Waals surface area (Å²) in [6, 6.07) is 14.9. The lowest BCUT2D eigenvalue weighted by Crippen LogP contribution is -2.60. The Bertz CT molecular complexity index is 1910. The van der Waals surface area contributed by atoms with Crippen molar-refractivity contribution >= 4 is 40.3 Å². The van der Waals surface area contributed by atoms with Crippen molar-refractivity contribution in [1.29, 1.82) is 0 Å². The van der Waals surface area contributed by atoms with E-state index in [-0.39, 0.29) is 18.2 Å². The summed E-state index contributed by atoms with van der Waals surface area (Å²) in [4.78, 5) is 38.7. The largest absolute Gasteiger partial charge is 0.478 e. The molecule has 1 saturated heterocycles. The van der Waals surface area contributed by atoms with Crippen LogP contribution < -0.4 is 10.6 Å². The number of hydrogen-bond donors (Lipinski definition) is 4. The molecule has 3 heterocycles. The van der Waals surface area contributed by atoms with Crippen LogP contribution in [0.5, 0.6) is 0 Å². The Kier molecular flexibility index (Phi) is 10.0. The molecule has 0 radical (unpaired) electrons. The van der Waals surface area contributed by atoms with Crippen LogP contribution in [0.1, 0.15) is 100.0 Å². The minimum atomic E-state index is -1.13. The number of aliphatic carboxylic acids is 1. The molecule has 1 aliphatic heterocycles. The van der Waals surface area contributed by atoms with Gasteiger partial charge in [0, 0.05) is 46.9 Å². The van der Waals surface area contributed by atoms with E-state index in [4.69, 9.17) is 14.3 Å². The number of aliphatic hydroxyl groups is 1. The number of anilines is 1. The van der Waals surface area contributed by atoms with Gasteiger partial charge in [0.1, 0.15) is 11.8 Å². The number of hydrogen-bond acceptors (Lipinski definition) is 7. The van der Waals surface area contributed by atoms with E-state index in [0.717, 1.165) is 60.3 Å². The first-order valence-corrected chi connectivity index (χ1v) is 18.2. The van der Waals surface area contributed by atoms with Crippen LogP contribution in [0, 0.1) is 5.41 Å². The van der Waals surface area contributed by atoms with Crippen LogP contribution >= 0.6 is 0 Å². The molecule has 1 unspecified atom stereocenters. The van der Waals surface area contributed by atoms with Crippen LogP contribution in [0.25, 0.3) is 28.2 Å². The van der Waals surface area contributed by atoms with Crippen LogP contribution in [0.2, 0.25) is 0 Å². The van der Waals surface area contributed by atoms with Gasteiger partial charge in [0.25, 0.3) is 0 Å². The molecule has 10 nitrogen and oxygen atoms in total. The predicted molar refractivity (Wildman–Crippen MR) is 195 cm³/mol. The summed E-state index contributed by atoms with van der Waals surface area (Å²) in [6.07, 6.45) is 13.9. The van der Waals surface area contributed by atoms with Crippen LogP contribution in [-0.2, 0) is 25.7 Å². The second-order valence-corrected chi connectivity index (χ2v) is 14.8. The van der Waals surface area contributed by atoms with Crippen molar-refractivity contribution in [2.24, 2.45) is 5.41 Å². The molecule has 3 aliphatic rings. The summed E-state index contributed by atoms with van der Waals surface area (Å²) < 4.78 is 13.4. The van der Waals surface area contributed by atoms with Crippen molar-refractivity contribution < 1.29 is 33.8 Å².